The molecule has 6 heteroatoms. The average Bonchev–Trinajstić information content (AvgIpc) is 3.05. The molecule has 122 valence electrons. The van der Waals surface area contributed by atoms with Gasteiger partial charge in [0.1, 0.15) is 17.5 Å². The van der Waals surface area contributed by atoms with Gasteiger partial charge in [0.25, 0.3) is 0 Å². The van der Waals surface area contributed by atoms with Gasteiger partial charge in [0, 0.05) is 30.8 Å². The van der Waals surface area contributed by atoms with E-state index in [-0.39, 0.29) is 6.10 Å². The lowest BCUT2D eigenvalue weighted by Gasteiger charge is -2.13. The van der Waals surface area contributed by atoms with Crippen LogP contribution in [0, 0.1) is 6.92 Å². The third-order valence-corrected chi connectivity index (χ3v) is 4.01. The predicted octanol–water partition coefficient (Wildman–Crippen LogP) is 3.64. The Morgan fingerprint density at radius 2 is 1.91 bits per heavy atom. The molecule has 23 heavy (non-hydrogen) atoms. The lowest BCUT2D eigenvalue weighted by Crippen LogP contribution is -2.19. The van der Waals surface area contributed by atoms with Crippen LogP contribution in [0.3, 0.4) is 0 Å². The molecular formula is C17H21ClN4O. The summed E-state index contributed by atoms with van der Waals surface area (Å²) in [5.74, 6) is 2.37. The fourth-order valence-corrected chi connectivity index (χ4v) is 2.69. The molecule has 3 rings (SSSR count). The molecule has 0 amide bonds. The van der Waals surface area contributed by atoms with Crippen LogP contribution in [-0.4, -0.2) is 29.2 Å². The monoisotopic (exact) mass is 332 g/mol. The Kier molecular flexibility index (Phi) is 5.31. The first-order chi connectivity index (χ1) is 11.2. The SMILES string of the molecule is Cc1nc(NCc2ccc(Cl)cc2)cc(NCC2CCCO2)n1. The van der Waals surface area contributed by atoms with Crippen LogP contribution in [-0.2, 0) is 11.3 Å². The van der Waals surface area contributed by atoms with Gasteiger partial charge in [-0.15, -0.1) is 0 Å². The normalized spacial score (nSPS) is 17.2. The molecule has 1 aromatic carbocycles. The highest BCUT2D eigenvalue weighted by Crippen LogP contribution is 2.16. The van der Waals surface area contributed by atoms with E-state index in [0.717, 1.165) is 54.0 Å². The maximum Gasteiger partial charge on any atom is 0.132 e. The summed E-state index contributed by atoms with van der Waals surface area (Å²) in [4.78, 5) is 8.85. The molecule has 1 unspecified atom stereocenters. The van der Waals surface area contributed by atoms with Crippen LogP contribution in [0.5, 0.6) is 0 Å². The second-order valence-corrected chi connectivity index (χ2v) is 6.12. The van der Waals surface area contributed by atoms with Crippen LogP contribution >= 0.6 is 11.6 Å². The number of benzene rings is 1. The molecule has 1 aliphatic heterocycles. The average molecular weight is 333 g/mol. The molecular weight excluding hydrogens is 312 g/mol. The van der Waals surface area contributed by atoms with E-state index in [1.54, 1.807) is 0 Å². The number of aryl methyl sites for hydroxylation is 1. The topological polar surface area (TPSA) is 59.1 Å². The van der Waals surface area contributed by atoms with Crippen molar-refractivity contribution < 1.29 is 4.74 Å². The summed E-state index contributed by atoms with van der Waals surface area (Å²) < 4.78 is 5.62. The fraction of sp³-hybridized carbons (Fsp3) is 0.412. The highest BCUT2D eigenvalue weighted by Gasteiger charge is 2.15. The maximum atomic E-state index is 5.90. The predicted molar refractivity (Wildman–Crippen MR) is 93.0 cm³/mol. The molecule has 1 aliphatic rings. The number of hydrogen-bond acceptors (Lipinski definition) is 5. The Bertz CT molecular complexity index is 642. The molecule has 1 saturated heterocycles. The van der Waals surface area contributed by atoms with Gasteiger partial charge in [0.05, 0.1) is 6.10 Å². The van der Waals surface area contributed by atoms with Gasteiger partial charge in [-0.3, -0.25) is 0 Å². The van der Waals surface area contributed by atoms with Crippen molar-refractivity contribution in [3.05, 3.63) is 46.7 Å². The fourth-order valence-electron chi connectivity index (χ4n) is 2.57. The van der Waals surface area contributed by atoms with E-state index in [1.165, 1.54) is 0 Å². The summed E-state index contributed by atoms with van der Waals surface area (Å²) in [6, 6.07) is 9.70. The molecule has 0 spiro atoms. The molecule has 0 aliphatic carbocycles. The van der Waals surface area contributed by atoms with Gasteiger partial charge in [-0.05, 0) is 37.5 Å². The second kappa shape index (κ2) is 7.62. The lowest BCUT2D eigenvalue weighted by atomic mass is 10.2. The molecule has 1 fully saturated rings. The van der Waals surface area contributed by atoms with Gasteiger partial charge < -0.3 is 15.4 Å². The van der Waals surface area contributed by atoms with Crippen molar-refractivity contribution in [1.82, 2.24) is 9.97 Å². The van der Waals surface area contributed by atoms with E-state index < -0.39 is 0 Å². The summed E-state index contributed by atoms with van der Waals surface area (Å²) in [6.07, 6.45) is 2.54. The van der Waals surface area contributed by atoms with Crippen LogP contribution < -0.4 is 10.6 Å². The first-order valence-electron chi connectivity index (χ1n) is 7.88. The van der Waals surface area contributed by atoms with Crippen LogP contribution in [0.2, 0.25) is 5.02 Å². The van der Waals surface area contributed by atoms with Gasteiger partial charge in [-0.1, -0.05) is 23.7 Å². The van der Waals surface area contributed by atoms with Crippen molar-refractivity contribution in [3.8, 4) is 0 Å². The van der Waals surface area contributed by atoms with Crippen LogP contribution in [0.25, 0.3) is 0 Å². The lowest BCUT2D eigenvalue weighted by molar-refractivity contribution is 0.120. The first-order valence-corrected chi connectivity index (χ1v) is 8.26. The molecule has 2 aromatic rings. The van der Waals surface area contributed by atoms with Crippen molar-refractivity contribution in [3.63, 3.8) is 0 Å². The summed E-state index contributed by atoms with van der Waals surface area (Å²) in [5.41, 5.74) is 1.15. The number of halogens is 1. The Hall–Kier alpha value is -1.85. The van der Waals surface area contributed by atoms with E-state index in [9.17, 15) is 0 Å². The standard InChI is InChI=1S/C17H21ClN4O/c1-12-21-16(19-10-13-4-6-14(18)7-5-13)9-17(22-12)20-11-15-3-2-8-23-15/h4-7,9,15H,2-3,8,10-11H2,1H3,(H2,19,20,21,22). The van der Waals surface area contributed by atoms with Gasteiger partial charge >= 0.3 is 0 Å². The third kappa shape index (κ3) is 4.81. The number of ether oxygens (including phenoxy) is 1. The Labute approximate surface area is 141 Å². The minimum atomic E-state index is 0.288. The minimum absolute atomic E-state index is 0.288. The van der Waals surface area contributed by atoms with E-state index in [1.807, 2.05) is 37.3 Å². The van der Waals surface area contributed by atoms with E-state index in [4.69, 9.17) is 16.3 Å². The number of rotatable bonds is 6. The summed E-state index contributed by atoms with van der Waals surface area (Å²) in [5, 5.41) is 7.41. The number of anilines is 2. The smallest absolute Gasteiger partial charge is 0.132 e. The molecule has 0 radical (unpaired) electrons. The molecule has 0 saturated carbocycles. The highest BCUT2D eigenvalue weighted by atomic mass is 35.5. The van der Waals surface area contributed by atoms with Gasteiger partial charge in [-0.2, -0.15) is 0 Å². The van der Waals surface area contributed by atoms with Gasteiger partial charge in [0.15, 0.2) is 0 Å². The largest absolute Gasteiger partial charge is 0.376 e. The third-order valence-electron chi connectivity index (χ3n) is 3.76. The zero-order valence-electron chi connectivity index (χ0n) is 13.2. The quantitative estimate of drug-likeness (QED) is 0.845. The Morgan fingerprint density at radius 1 is 1.17 bits per heavy atom. The number of hydrogen-bond donors (Lipinski definition) is 2. The van der Waals surface area contributed by atoms with Crippen molar-refractivity contribution in [2.24, 2.45) is 0 Å². The highest BCUT2D eigenvalue weighted by molar-refractivity contribution is 6.30. The van der Waals surface area contributed by atoms with E-state index >= 15 is 0 Å². The number of nitrogens with one attached hydrogen (secondary N) is 2. The van der Waals surface area contributed by atoms with Crippen molar-refractivity contribution in [1.29, 1.82) is 0 Å². The minimum Gasteiger partial charge on any atom is -0.376 e. The molecule has 0 bridgehead atoms. The van der Waals surface area contributed by atoms with E-state index in [0.29, 0.717) is 6.54 Å². The first kappa shape index (κ1) is 16.0. The van der Waals surface area contributed by atoms with Crippen LogP contribution in [0.1, 0.15) is 24.2 Å². The molecule has 5 nitrogen and oxygen atoms in total. The number of nitrogens with zero attached hydrogens (tertiary/aromatic N) is 2. The van der Waals surface area contributed by atoms with Crippen LogP contribution in [0.15, 0.2) is 30.3 Å². The maximum absolute atomic E-state index is 5.90. The van der Waals surface area contributed by atoms with E-state index in [2.05, 4.69) is 20.6 Å². The Morgan fingerprint density at radius 3 is 2.61 bits per heavy atom. The zero-order chi connectivity index (χ0) is 16.1. The molecule has 1 aromatic heterocycles. The zero-order valence-corrected chi connectivity index (χ0v) is 13.9. The van der Waals surface area contributed by atoms with Crippen molar-refractivity contribution in [2.75, 3.05) is 23.8 Å². The van der Waals surface area contributed by atoms with Gasteiger partial charge in [-0.25, -0.2) is 9.97 Å². The summed E-state index contributed by atoms with van der Waals surface area (Å²) in [7, 11) is 0. The summed E-state index contributed by atoms with van der Waals surface area (Å²) >= 11 is 5.90. The molecule has 1 atom stereocenters. The summed E-state index contributed by atoms with van der Waals surface area (Å²) in [6.45, 7) is 4.24. The van der Waals surface area contributed by atoms with Crippen molar-refractivity contribution in [2.45, 2.75) is 32.4 Å². The number of aromatic nitrogens is 2. The Balaban J connectivity index is 1.59. The van der Waals surface area contributed by atoms with Gasteiger partial charge in [0.2, 0.25) is 0 Å². The molecule has 2 heterocycles. The van der Waals surface area contributed by atoms with Crippen molar-refractivity contribution >= 4 is 23.2 Å². The molecule has 2 N–H and O–H groups in total. The second-order valence-electron chi connectivity index (χ2n) is 5.68. The van der Waals surface area contributed by atoms with Crippen LogP contribution in [0.4, 0.5) is 11.6 Å².